The fourth-order valence-corrected chi connectivity index (χ4v) is 1.89. The van der Waals surface area contributed by atoms with Crippen LogP contribution in [0.2, 0.25) is 0 Å². The molecule has 0 saturated carbocycles. The molecule has 2 aromatic rings. The van der Waals surface area contributed by atoms with Gasteiger partial charge in [0.2, 0.25) is 0 Å². The SMILES string of the molecule is Nc1cc(F)ccc1OCc1cccc(Br)c1. The van der Waals surface area contributed by atoms with Gasteiger partial charge in [-0.3, -0.25) is 0 Å². The lowest BCUT2D eigenvalue weighted by molar-refractivity contribution is 0.307. The van der Waals surface area contributed by atoms with Crippen LogP contribution in [0.3, 0.4) is 0 Å². The number of hydrogen-bond donors (Lipinski definition) is 1. The summed E-state index contributed by atoms with van der Waals surface area (Å²) >= 11 is 3.38. The van der Waals surface area contributed by atoms with Gasteiger partial charge in [-0.2, -0.15) is 0 Å². The average molecular weight is 296 g/mol. The van der Waals surface area contributed by atoms with Crippen LogP contribution in [0.15, 0.2) is 46.9 Å². The minimum Gasteiger partial charge on any atom is -0.487 e. The zero-order chi connectivity index (χ0) is 12.3. The molecule has 0 spiro atoms. The number of hydrogen-bond acceptors (Lipinski definition) is 2. The van der Waals surface area contributed by atoms with Gasteiger partial charge in [0.05, 0.1) is 5.69 Å². The van der Waals surface area contributed by atoms with Crippen LogP contribution in [-0.2, 0) is 6.61 Å². The standard InChI is InChI=1S/C13H11BrFNO/c14-10-3-1-2-9(6-10)8-17-13-5-4-11(15)7-12(13)16/h1-7H,8,16H2. The maximum atomic E-state index is 12.8. The average Bonchev–Trinajstić information content (AvgIpc) is 2.28. The summed E-state index contributed by atoms with van der Waals surface area (Å²) in [6, 6.07) is 11.9. The fraction of sp³-hybridized carbons (Fsp3) is 0.0769. The third-order valence-corrected chi connectivity index (χ3v) is 2.75. The molecule has 0 heterocycles. The summed E-state index contributed by atoms with van der Waals surface area (Å²) in [5.41, 5.74) is 6.96. The predicted molar refractivity (Wildman–Crippen MR) is 69.3 cm³/mol. The van der Waals surface area contributed by atoms with Crippen molar-refractivity contribution in [3.05, 3.63) is 58.3 Å². The second-order valence-electron chi connectivity index (χ2n) is 3.60. The Morgan fingerprint density at radius 2 is 2.00 bits per heavy atom. The highest BCUT2D eigenvalue weighted by Gasteiger charge is 2.02. The topological polar surface area (TPSA) is 35.2 Å². The monoisotopic (exact) mass is 295 g/mol. The number of nitrogen functional groups attached to an aromatic ring is 1. The van der Waals surface area contributed by atoms with Crippen molar-refractivity contribution in [2.24, 2.45) is 0 Å². The summed E-state index contributed by atoms with van der Waals surface area (Å²) in [5, 5.41) is 0. The molecule has 0 radical (unpaired) electrons. The Balaban J connectivity index is 2.07. The van der Waals surface area contributed by atoms with Gasteiger partial charge >= 0.3 is 0 Å². The highest BCUT2D eigenvalue weighted by Crippen LogP contribution is 2.23. The van der Waals surface area contributed by atoms with Crippen molar-refractivity contribution in [1.82, 2.24) is 0 Å². The van der Waals surface area contributed by atoms with Gasteiger partial charge in [-0.15, -0.1) is 0 Å². The molecule has 2 N–H and O–H groups in total. The highest BCUT2D eigenvalue weighted by molar-refractivity contribution is 9.10. The first kappa shape index (κ1) is 11.9. The third-order valence-electron chi connectivity index (χ3n) is 2.26. The third kappa shape index (κ3) is 3.20. The van der Waals surface area contributed by atoms with Gasteiger partial charge in [0.1, 0.15) is 18.2 Å². The minimum atomic E-state index is -0.364. The van der Waals surface area contributed by atoms with E-state index in [2.05, 4.69) is 15.9 Å². The number of rotatable bonds is 3. The lowest BCUT2D eigenvalue weighted by atomic mass is 10.2. The Morgan fingerprint density at radius 1 is 1.18 bits per heavy atom. The molecule has 4 heteroatoms. The molecule has 17 heavy (non-hydrogen) atoms. The molecule has 0 aliphatic heterocycles. The number of ether oxygens (including phenoxy) is 1. The molecule has 88 valence electrons. The lowest BCUT2D eigenvalue weighted by Gasteiger charge is -2.09. The maximum Gasteiger partial charge on any atom is 0.142 e. The summed E-state index contributed by atoms with van der Waals surface area (Å²) in [6.07, 6.45) is 0. The molecule has 0 atom stereocenters. The maximum absolute atomic E-state index is 12.8. The molecule has 2 aromatic carbocycles. The molecule has 0 fully saturated rings. The van der Waals surface area contributed by atoms with Crippen LogP contribution in [0.1, 0.15) is 5.56 Å². The summed E-state index contributed by atoms with van der Waals surface area (Å²) in [6.45, 7) is 0.398. The van der Waals surface area contributed by atoms with E-state index in [1.807, 2.05) is 24.3 Å². The normalized spacial score (nSPS) is 10.2. The van der Waals surface area contributed by atoms with E-state index in [0.29, 0.717) is 18.0 Å². The van der Waals surface area contributed by atoms with Crippen LogP contribution in [0.25, 0.3) is 0 Å². The van der Waals surface area contributed by atoms with E-state index in [4.69, 9.17) is 10.5 Å². The first-order chi connectivity index (χ1) is 8.15. The molecule has 2 nitrogen and oxygen atoms in total. The van der Waals surface area contributed by atoms with Gasteiger partial charge in [-0.1, -0.05) is 28.1 Å². The Labute approximate surface area is 107 Å². The van der Waals surface area contributed by atoms with Crippen LogP contribution in [0.4, 0.5) is 10.1 Å². The second kappa shape index (κ2) is 5.19. The fourth-order valence-electron chi connectivity index (χ4n) is 1.44. The van der Waals surface area contributed by atoms with Gasteiger partial charge in [-0.25, -0.2) is 4.39 Å². The van der Waals surface area contributed by atoms with E-state index in [-0.39, 0.29) is 5.82 Å². The quantitative estimate of drug-likeness (QED) is 0.875. The summed E-state index contributed by atoms with van der Waals surface area (Å²) in [5.74, 6) is 0.128. The van der Waals surface area contributed by atoms with E-state index in [9.17, 15) is 4.39 Å². The molecule has 0 aliphatic rings. The number of anilines is 1. The Morgan fingerprint density at radius 3 is 2.71 bits per heavy atom. The first-order valence-electron chi connectivity index (χ1n) is 5.07. The van der Waals surface area contributed by atoms with Crippen LogP contribution < -0.4 is 10.5 Å². The van der Waals surface area contributed by atoms with E-state index in [0.717, 1.165) is 10.0 Å². The first-order valence-corrected chi connectivity index (χ1v) is 5.87. The summed E-state index contributed by atoms with van der Waals surface area (Å²) < 4.78 is 19.3. The van der Waals surface area contributed by atoms with Crippen molar-refractivity contribution in [2.45, 2.75) is 6.61 Å². The number of halogens is 2. The van der Waals surface area contributed by atoms with Crippen LogP contribution in [0.5, 0.6) is 5.75 Å². The van der Waals surface area contributed by atoms with Crippen molar-refractivity contribution in [3.8, 4) is 5.75 Å². The zero-order valence-electron chi connectivity index (χ0n) is 8.99. The van der Waals surface area contributed by atoms with E-state index in [1.54, 1.807) is 0 Å². The van der Waals surface area contributed by atoms with E-state index >= 15 is 0 Å². The summed E-state index contributed by atoms with van der Waals surface area (Å²) in [7, 11) is 0. The Bertz CT molecular complexity index is 531. The molecule has 0 amide bonds. The number of nitrogens with two attached hydrogens (primary N) is 1. The largest absolute Gasteiger partial charge is 0.487 e. The molecular weight excluding hydrogens is 285 g/mol. The molecule has 0 aliphatic carbocycles. The zero-order valence-corrected chi connectivity index (χ0v) is 10.6. The van der Waals surface area contributed by atoms with E-state index < -0.39 is 0 Å². The molecule has 0 saturated heterocycles. The lowest BCUT2D eigenvalue weighted by Crippen LogP contribution is -1.99. The van der Waals surface area contributed by atoms with Crippen LogP contribution >= 0.6 is 15.9 Å². The van der Waals surface area contributed by atoms with Crippen LogP contribution in [0, 0.1) is 5.82 Å². The smallest absolute Gasteiger partial charge is 0.142 e. The van der Waals surface area contributed by atoms with Gasteiger partial charge < -0.3 is 10.5 Å². The van der Waals surface area contributed by atoms with Crippen molar-refractivity contribution in [1.29, 1.82) is 0 Å². The van der Waals surface area contributed by atoms with Crippen molar-refractivity contribution in [3.63, 3.8) is 0 Å². The highest BCUT2D eigenvalue weighted by atomic mass is 79.9. The predicted octanol–water partition coefficient (Wildman–Crippen LogP) is 3.75. The van der Waals surface area contributed by atoms with Crippen molar-refractivity contribution < 1.29 is 9.13 Å². The van der Waals surface area contributed by atoms with Crippen molar-refractivity contribution >= 4 is 21.6 Å². The minimum absolute atomic E-state index is 0.306. The van der Waals surface area contributed by atoms with Crippen LogP contribution in [-0.4, -0.2) is 0 Å². The number of benzene rings is 2. The van der Waals surface area contributed by atoms with Crippen molar-refractivity contribution in [2.75, 3.05) is 5.73 Å². The molecular formula is C13H11BrFNO. The van der Waals surface area contributed by atoms with Gasteiger partial charge in [0.15, 0.2) is 0 Å². The Kier molecular flexibility index (Phi) is 3.64. The molecule has 0 aromatic heterocycles. The molecule has 0 bridgehead atoms. The summed E-state index contributed by atoms with van der Waals surface area (Å²) in [4.78, 5) is 0. The second-order valence-corrected chi connectivity index (χ2v) is 4.52. The van der Waals surface area contributed by atoms with E-state index in [1.165, 1.54) is 18.2 Å². The van der Waals surface area contributed by atoms with Gasteiger partial charge in [0.25, 0.3) is 0 Å². The molecule has 2 rings (SSSR count). The molecule has 0 unspecified atom stereocenters. The Hall–Kier alpha value is -1.55. The van der Waals surface area contributed by atoms with Gasteiger partial charge in [-0.05, 0) is 29.8 Å². The van der Waals surface area contributed by atoms with Gasteiger partial charge in [0, 0.05) is 10.5 Å².